The summed E-state index contributed by atoms with van der Waals surface area (Å²) in [7, 11) is 0. The SMILES string of the molecule is O=C(c1ccccc1)N1CCCC[C@H]1c1ccc(N2CCNCC2)nc1. The Bertz CT molecular complexity index is 725. The summed E-state index contributed by atoms with van der Waals surface area (Å²) in [6.07, 6.45) is 5.20. The number of hydrogen-bond donors (Lipinski definition) is 1. The molecule has 136 valence electrons. The molecule has 26 heavy (non-hydrogen) atoms. The van der Waals surface area contributed by atoms with E-state index < -0.39 is 0 Å². The van der Waals surface area contributed by atoms with Gasteiger partial charge in [-0.15, -0.1) is 0 Å². The molecule has 5 heteroatoms. The molecule has 1 aromatic carbocycles. The minimum atomic E-state index is 0.126. The lowest BCUT2D eigenvalue weighted by Gasteiger charge is -2.36. The highest BCUT2D eigenvalue weighted by Gasteiger charge is 2.29. The molecule has 0 unspecified atom stereocenters. The predicted octanol–water partition coefficient (Wildman–Crippen LogP) is 2.86. The van der Waals surface area contributed by atoms with Gasteiger partial charge in [0.1, 0.15) is 5.82 Å². The van der Waals surface area contributed by atoms with Crippen LogP contribution in [0.5, 0.6) is 0 Å². The van der Waals surface area contributed by atoms with E-state index in [2.05, 4.69) is 22.3 Å². The molecular weight excluding hydrogens is 324 g/mol. The molecule has 4 rings (SSSR count). The summed E-state index contributed by atoms with van der Waals surface area (Å²) >= 11 is 0. The molecular formula is C21H26N4O. The van der Waals surface area contributed by atoms with E-state index in [1.807, 2.05) is 41.4 Å². The van der Waals surface area contributed by atoms with Crippen LogP contribution in [0.15, 0.2) is 48.7 Å². The summed E-state index contributed by atoms with van der Waals surface area (Å²) in [4.78, 5) is 22.0. The topological polar surface area (TPSA) is 48.5 Å². The van der Waals surface area contributed by atoms with Gasteiger partial charge in [0.2, 0.25) is 0 Å². The van der Waals surface area contributed by atoms with Crippen LogP contribution in [0, 0.1) is 0 Å². The highest BCUT2D eigenvalue weighted by atomic mass is 16.2. The number of aromatic nitrogens is 1. The lowest BCUT2D eigenvalue weighted by molar-refractivity contribution is 0.0611. The summed E-state index contributed by atoms with van der Waals surface area (Å²) < 4.78 is 0. The number of amides is 1. The number of hydrogen-bond acceptors (Lipinski definition) is 4. The van der Waals surface area contributed by atoms with Gasteiger partial charge in [0.15, 0.2) is 0 Å². The highest BCUT2D eigenvalue weighted by Crippen LogP contribution is 2.32. The number of carbonyl (C=O) groups excluding carboxylic acids is 1. The van der Waals surface area contributed by atoms with Gasteiger partial charge in [-0.05, 0) is 43.0 Å². The number of nitrogens with zero attached hydrogens (tertiary/aromatic N) is 3. The van der Waals surface area contributed by atoms with Crippen molar-refractivity contribution in [3.8, 4) is 0 Å². The first-order chi connectivity index (χ1) is 12.8. The maximum absolute atomic E-state index is 13.0. The van der Waals surface area contributed by atoms with Gasteiger partial charge < -0.3 is 15.1 Å². The smallest absolute Gasteiger partial charge is 0.254 e. The van der Waals surface area contributed by atoms with Crippen LogP contribution in [-0.2, 0) is 0 Å². The molecule has 0 aliphatic carbocycles. The first-order valence-corrected chi connectivity index (χ1v) is 9.60. The van der Waals surface area contributed by atoms with Gasteiger partial charge >= 0.3 is 0 Å². The average Bonchev–Trinajstić information content (AvgIpc) is 2.75. The van der Waals surface area contributed by atoms with Crippen molar-refractivity contribution in [2.24, 2.45) is 0 Å². The number of piperazine rings is 1. The number of likely N-dealkylation sites (tertiary alicyclic amines) is 1. The molecule has 2 fully saturated rings. The van der Waals surface area contributed by atoms with Crippen molar-refractivity contribution in [2.45, 2.75) is 25.3 Å². The number of anilines is 1. The second-order valence-electron chi connectivity index (χ2n) is 7.06. The Morgan fingerprint density at radius 3 is 2.54 bits per heavy atom. The van der Waals surface area contributed by atoms with E-state index in [0.29, 0.717) is 0 Å². The lowest BCUT2D eigenvalue weighted by atomic mass is 9.95. The minimum Gasteiger partial charge on any atom is -0.354 e. The van der Waals surface area contributed by atoms with Gasteiger partial charge in [0.25, 0.3) is 5.91 Å². The second kappa shape index (κ2) is 7.87. The molecule has 3 heterocycles. The summed E-state index contributed by atoms with van der Waals surface area (Å²) in [6, 6.07) is 14.0. The quantitative estimate of drug-likeness (QED) is 0.925. The number of pyridine rings is 1. The Morgan fingerprint density at radius 1 is 1.00 bits per heavy atom. The molecule has 0 radical (unpaired) electrons. The second-order valence-corrected chi connectivity index (χ2v) is 7.06. The molecule has 2 saturated heterocycles. The van der Waals surface area contributed by atoms with Gasteiger partial charge in [-0.3, -0.25) is 4.79 Å². The third-order valence-electron chi connectivity index (χ3n) is 5.38. The Balaban J connectivity index is 1.53. The first-order valence-electron chi connectivity index (χ1n) is 9.60. The predicted molar refractivity (Wildman–Crippen MR) is 103 cm³/mol. The molecule has 2 aliphatic heterocycles. The van der Waals surface area contributed by atoms with Crippen LogP contribution in [0.25, 0.3) is 0 Å². The molecule has 1 aromatic heterocycles. The largest absolute Gasteiger partial charge is 0.354 e. The number of carbonyl (C=O) groups is 1. The fraction of sp³-hybridized carbons (Fsp3) is 0.429. The normalized spacial score (nSPS) is 20.8. The van der Waals surface area contributed by atoms with Crippen LogP contribution in [0.4, 0.5) is 5.82 Å². The number of nitrogens with one attached hydrogen (secondary N) is 1. The third kappa shape index (κ3) is 3.58. The highest BCUT2D eigenvalue weighted by molar-refractivity contribution is 5.94. The van der Waals surface area contributed by atoms with Crippen LogP contribution < -0.4 is 10.2 Å². The average molecular weight is 350 g/mol. The van der Waals surface area contributed by atoms with E-state index in [-0.39, 0.29) is 11.9 Å². The summed E-state index contributed by atoms with van der Waals surface area (Å²) in [5.41, 5.74) is 1.91. The fourth-order valence-electron chi connectivity index (χ4n) is 3.94. The van der Waals surface area contributed by atoms with E-state index in [9.17, 15) is 4.79 Å². The van der Waals surface area contributed by atoms with Gasteiger partial charge in [-0.1, -0.05) is 24.3 Å². The lowest BCUT2D eigenvalue weighted by Crippen LogP contribution is -2.44. The van der Waals surface area contributed by atoms with E-state index in [1.165, 1.54) is 0 Å². The van der Waals surface area contributed by atoms with Crippen LogP contribution in [0.2, 0.25) is 0 Å². The minimum absolute atomic E-state index is 0.126. The summed E-state index contributed by atoms with van der Waals surface area (Å²) in [6.45, 7) is 4.82. The first kappa shape index (κ1) is 17.0. The van der Waals surface area contributed by atoms with Gasteiger partial charge in [0, 0.05) is 44.5 Å². The molecule has 0 spiro atoms. The Kier molecular flexibility index (Phi) is 5.16. The monoisotopic (exact) mass is 350 g/mol. The summed E-state index contributed by atoms with van der Waals surface area (Å²) in [5.74, 6) is 1.16. The molecule has 1 atom stereocenters. The van der Waals surface area contributed by atoms with Crippen LogP contribution >= 0.6 is 0 Å². The summed E-state index contributed by atoms with van der Waals surface area (Å²) in [5, 5.41) is 3.37. The van der Waals surface area contributed by atoms with Crippen molar-refractivity contribution in [2.75, 3.05) is 37.6 Å². The number of rotatable bonds is 3. The van der Waals surface area contributed by atoms with Crippen LogP contribution in [0.1, 0.15) is 41.2 Å². The van der Waals surface area contributed by atoms with Crippen LogP contribution in [-0.4, -0.2) is 48.5 Å². The molecule has 5 nitrogen and oxygen atoms in total. The Hall–Kier alpha value is -2.40. The molecule has 1 amide bonds. The maximum Gasteiger partial charge on any atom is 0.254 e. The number of piperidine rings is 1. The molecule has 0 bridgehead atoms. The zero-order valence-electron chi connectivity index (χ0n) is 15.1. The standard InChI is InChI=1S/C21H26N4O/c26-21(17-6-2-1-3-7-17)25-13-5-4-8-19(25)18-9-10-20(23-16-18)24-14-11-22-12-15-24/h1-3,6-7,9-10,16,19,22H,4-5,8,11-15H2/t19-/m0/s1. The zero-order valence-corrected chi connectivity index (χ0v) is 15.1. The van der Waals surface area contributed by atoms with E-state index in [4.69, 9.17) is 4.98 Å². The van der Waals surface area contributed by atoms with Crippen molar-refractivity contribution < 1.29 is 4.79 Å². The van der Waals surface area contributed by atoms with Gasteiger partial charge in [-0.25, -0.2) is 4.98 Å². The number of benzene rings is 1. The van der Waals surface area contributed by atoms with Crippen molar-refractivity contribution in [1.29, 1.82) is 0 Å². The van der Waals surface area contributed by atoms with Gasteiger partial charge in [0.05, 0.1) is 6.04 Å². The van der Waals surface area contributed by atoms with Crippen molar-refractivity contribution in [3.63, 3.8) is 0 Å². The van der Waals surface area contributed by atoms with Gasteiger partial charge in [-0.2, -0.15) is 0 Å². The molecule has 0 saturated carbocycles. The third-order valence-corrected chi connectivity index (χ3v) is 5.38. The Morgan fingerprint density at radius 2 is 1.81 bits per heavy atom. The molecule has 1 N–H and O–H groups in total. The zero-order chi connectivity index (χ0) is 17.8. The van der Waals surface area contributed by atoms with E-state index in [0.717, 1.165) is 68.9 Å². The van der Waals surface area contributed by atoms with Crippen molar-refractivity contribution >= 4 is 11.7 Å². The maximum atomic E-state index is 13.0. The van der Waals surface area contributed by atoms with Crippen molar-refractivity contribution in [1.82, 2.24) is 15.2 Å². The Labute approximate surface area is 155 Å². The van der Waals surface area contributed by atoms with Crippen LogP contribution in [0.3, 0.4) is 0 Å². The van der Waals surface area contributed by atoms with E-state index in [1.54, 1.807) is 0 Å². The van der Waals surface area contributed by atoms with Crippen molar-refractivity contribution in [3.05, 3.63) is 59.8 Å². The molecule has 2 aromatic rings. The fourth-order valence-corrected chi connectivity index (χ4v) is 3.94. The molecule has 2 aliphatic rings. The van der Waals surface area contributed by atoms with E-state index >= 15 is 0 Å².